The molecule has 0 bridgehead atoms. The third-order valence-electron chi connectivity index (χ3n) is 4.67. The van der Waals surface area contributed by atoms with E-state index in [0.717, 1.165) is 41.5 Å². The molecule has 5 heteroatoms. The quantitative estimate of drug-likeness (QED) is 0.889. The number of nitrogens with zero attached hydrogens (tertiary/aromatic N) is 1. The molecular weight excluding hydrogens is 292 g/mol. The monoisotopic (exact) mass is 316 g/mol. The molecule has 1 amide bonds. The van der Waals surface area contributed by atoms with Gasteiger partial charge in [-0.1, -0.05) is 6.07 Å². The first kappa shape index (κ1) is 15.9. The van der Waals surface area contributed by atoms with E-state index in [2.05, 4.69) is 9.88 Å². The molecule has 2 N–H and O–H groups in total. The van der Waals surface area contributed by atoms with Gasteiger partial charge in [-0.3, -0.25) is 4.79 Å². The number of hydrogen-bond acceptors (Lipinski definition) is 3. The van der Waals surface area contributed by atoms with Crippen LogP contribution in [0.5, 0.6) is 5.75 Å². The minimum absolute atomic E-state index is 0.0826. The van der Waals surface area contributed by atoms with Gasteiger partial charge >= 0.3 is 0 Å². The fraction of sp³-hybridized carbons (Fsp3) is 0.500. The molecule has 0 aliphatic heterocycles. The molecule has 1 aliphatic carbocycles. The Morgan fingerprint density at radius 2 is 2.30 bits per heavy atom. The van der Waals surface area contributed by atoms with E-state index in [0.29, 0.717) is 13.1 Å². The maximum Gasteiger partial charge on any atom is 0.227 e. The van der Waals surface area contributed by atoms with Crippen molar-refractivity contribution in [2.24, 2.45) is 0 Å². The normalized spacial score (nSPS) is 17.1. The number of carbonyl (C=O) groups is 1. The summed E-state index contributed by atoms with van der Waals surface area (Å²) in [5, 5.41) is 13.4. The molecule has 0 unspecified atom stereocenters. The smallest absolute Gasteiger partial charge is 0.227 e. The third kappa shape index (κ3) is 2.59. The molecule has 1 aromatic heterocycles. The summed E-state index contributed by atoms with van der Waals surface area (Å²) in [6.45, 7) is 3.20. The molecule has 23 heavy (non-hydrogen) atoms. The van der Waals surface area contributed by atoms with Crippen molar-refractivity contribution in [3.8, 4) is 5.75 Å². The molecule has 0 spiro atoms. The predicted molar refractivity (Wildman–Crippen MR) is 89.9 cm³/mol. The van der Waals surface area contributed by atoms with E-state index in [1.54, 1.807) is 7.11 Å². The van der Waals surface area contributed by atoms with E-state index in [1.807, 2.05) is 25.1 Å². The zero-order chi connectivity index (χ0) is 16.4. The average Bonchev–Trinajstić information content (AvgIpc) is 2.90. The van der Waals surface area contributed by atoms with Crippen molar-refractivity contribution < 1.29 is 14.6 Å². The highest BCUT2D eigenvalue weighted by molar-refractivity contribution is 5.97. The Kier molecular flexibility index (Phi) is 4.57. The molecule has 3 rings (SSSR count). The van der Waals surface area contributed by atoms with Crippen molar-refractivity contribution in [3.63, 3.8) is 0 Å². The van der Waals surface area contributed by atoms with Gasteiger partial charge in [-0.2, -0.15) is 0 Å². The summed E-state index contributed by atoms with van der Waals surface area (Å²) in [4.78, 5) is 12.6. The van der Waals surface area contributed by atoms with Crippen molar-refractivity contribution in [1.29, 1.82) is 0 Å². The predicted octanol–water partition coefficient (Wildman–Crippen LogP) is 2.20. The number of rotatable bonds is 5. The Morgan fingerprint density at radius 3 is 3.00 bits per heavy atom. The molecule has 0 saturated heterocycles. The number of carbonyl (C=O) groups excluding carboxylic acids is 1. The van der Waals surface area contributed by atoms with Crippen LogP contribution in [0.15, 0.2) is 18.2 Å². The number of aromatic nitrogens is 1. The minimum Gasteiger partial charge on any atom is -0.496 e. The first-order chi connectivity index (χ1) is 11.2. The van der Waals surface area contributed by atoms with Crippen LogP contribution in [0.25, 0.3) is 10.9 Å². The summed E-state index contributed by atoms with van der Waals surface area (Å²) >= 11 is 0. The highest BCUT2D eigenvalue weighted by Gasteiger charge is 2.32. The number of aliphatic hydroxyl groups is 1. The molecule has 0 saturated carbocycles. The number of aliphatic hydroxyl groups excluding tert-OH is 1. The van der Waals surface area contributed by atoms with Gasteiger partial charge in [0.05, 0.1) is 25.2 Å². The van der Waals surface area contributed by atoms with Gasteiger partial charge in [0.2, 0.25) is 5.91 Å². The molecule has 1 atom stereocenters. The molecule has 1 heterocycles. The van der Waals surface area contributed by atoms with E-state index >= 15 is 0 Å². The number of amides is 1. The number of fused-ring (bicyclic) bond motifs is 3. The standard InChI is InChI=1S/C18H24N2O3/c1-3-19-18(22)12-6-4-7-13-16(12)17-14(20(13)10-11-21)8-5-9-15(17)23-2/h5,8-9,12,21H,3-4,6-7,10-11H2,1-2H3,(H,19,22)/t12-/m1/s1. The first-order valence-corrected chi connectivity index (χ1v) is 8.29. The Labute approximate surface area is 136 Å². The van der Waals surface area contributed by atoms with E-state index < -0.39 is 0 Å². The minimum atomic E-state index is -0.141. The van der Waals surface area contributed by atoms with E-state index in [1.165, 1.54) is 5.69 Å². The van der Waals surface area contributed by atoms with E-state index in [9.17, 15) is 9.90 Å². The summed E-state index contributed by atoms with van der Waals surface area (Å²) in [5.41, 5.74) is 3.30. The van der Waals surface area contributed by atoms with Crippen molar-refractivity contribution in [3.05, 3.63) is 29.5 Å². The van der Waals surface area contributed by atoms with Crippen molar-refractivity contribution in [2.45, 2.75) is 38.6 Å². The maximum absolute atomic E-state index is 12.6. The first-order valence-electron chi connectivity index (χ1n) is 8.29. The van der Waals surface area contributed by atoms with Crippen molar-refractivity contribution in [2.75, 3.05) is 20.3 Å². The highest BCUT2D eigenvalue weighted by Crippen LogP contribution is 2.43. The Morgan fingerprint density at radius 1 is 1.48 bits per heavy atom. The van der Waals surface area contributed by atoms with Gasteiger partial charge in [-0.05, 0) is 43.9 Å². The van der Waals surface area contributed by atoms with Gasteiger partial charge in [0.1, 0.15) is 5.75 Å². The molecule has 0 radical (unpaired) electrons. The van der Waals surface area contributed by atoms with Crippen LogP contribution in [-0.2, 0) is 17.8 Å². The second-order valence-electron chi connectivity index (χ2n) is 5.93. The lowest BCUT2D eigenvalue weighted by atomic mass is 9.84. The number of benzene rings is 1. The van der Waals surface area contributed by atoms with Gasteiger partial charge < -0.3 is 19.7 Å². The van der Waals surface area contributed by atoms with Crippen molar-refractivity contribution in [1.82, 2.24) is 9.88 Å². The largest absolute Gasteiger partial charge is 0.496 e. The lowest BCUT2D eigenvalue weighted by molar-refractivity contribution is -0.122. The topological polar surface area (TPSA) is 63.5 Å². The number of hydrogen-bond donors (Lipinski definition) is 2. The van der Waals surface area contributed by atoms with Crippen LogP contribution in [0.3, 0.4) is 0 Å². The Bertz CT molecular complexity index is 721. The van der Waals surface area contributed by atoms with E-state index in [-0.39, 0.29) is 18.4 Å². The maximum atomic E-state index is 12.6. The van der Waals surface area contributed by atoms with Crippen LogP contribution < -0.4 is 10.1 Å². The Balaban J connectivity index is 2.26. The number of likely N-dealkylation sites (N-methyl/N-ethyl adjacent to an activating group) is 1. The average molecular weight is 316 g/mol. The second-order valence-corrected chi connectivity index (χ2v) is 5.93. The number of ether oxygens (including phenoxy) is 1. The van der Waals surface area contributed by atoms with Gasteiger partial charge in [-0.15, -0.1) is 0 Å². The Hall–Kier alpha value is -2.01. The van der Waals surface area contributed by atoms with Crippen LogP contribution in [-0.4, -0.2) is 35.8 Å². The lowest BCUT2D eigenvalue weighted by Crippen LogP contribution is -2.31. The molecule has 1 aromatic carbocycles. The summed E-state index contributed by atoms with van der Waals surface area (Å²) in [6, 6.07) is 5.94. The lowest BCUT2D eigenvalue weighted by Gasteiger charge is -2.24. The van der Waals surface area contributed by atoms with Gasteiger partial charge in [0.15, 0.2) is 0 Å². The molecule has 0 fully saturated rings. The van der Waals surface area contributed by atoms with Crippen LogP contribution in [0.2, 0.25) is 0 Å². The molecule has 1 aliphatic rings. The van der Waals surface area contributed by atoms with Crippen LogP contribution in [0, 0.1) is 0 Å². The van der Waals surface area contributed by atoms with Crippen LogP contribution in [0.1, 0.15) is 36.9 Å². The zero-order valence-corrected chi connectivity index (χ0v) is 13.8. The fourth-order valence-corrected chi connectivity index (χ4v) is 3.80. The van der Waals surface area contributed by atoms with E-state index in [4.69, 9.17) is 4.74 Å². The summed E-state index contributed by atoms with van der Waals surface area (Å²) in [6.07, 6.45) is 2.77. The zero-order valence-electron chi connectivity index (χ0n) is 13.8. The van der Waals surface area contributed by atoms with Gasteiger partial charge in [0.25, 0.3) is 0 Å². The number of nitrogens with one attached hydrogen (secondary N) is 1. The SMILES string of the molecule is CCNC(=O)[C@@H]1CCCc2c1c1c(OC)cccc1n2CCO. The summed E-state index contributed by atoms with van der Waals surface area (Å²) in [7, 11) is 1.66. The summed E-state index contributed by atoms with van der Waals surface area (Å²) < 4.78 is 7.72. The van der Waals surface area contributed by atoms with Gasteiger partial charge in [-0.25, -0.2) is 0 Å². The molecule has 5 nitrogen and oxygen atoms in total. The second kappa shape index (κ2) is 6.62. The highest BCUT2D eigenvalue weighted by atomic mass is 16.5. The van der Waals surface area contributed by atoms with Crippen LogP contribution >= 0.6 is 0 Å². The molecular formula is C18H24N2O3. The van der Waals surface area contributed by atoms with Crippen molar-refractivity contribution >= 4 is 16.8 Å². The summed E-state index contributed by atoms with van der Waals surface area (Å²) in [5.74, 6) is 0.742. The van der Waals surface area contributed by atoms with Crippen LogP contribution in [0.4, 0.5) is 0 Å². The number of methoxy groups -OCH3 is 1. The fourth-order valence-electron chi connectivity index (χ4n) is 3.80. The third-order valence-corrected chi connectivity index (χ3v) is 4.67. The molecule has 2 aromatic rings. The molecule has 124 valence electrons. The van der Waals surface area contributed by atoms with Gasteiger partial charge in [0, 0.05) is 24.2 Å².